The minimum Gasteiger partial charge on any atom is -0.314 e. The summed E-state index contributed by atoms with van der Waals surface area (Å²) in [6.45, 7) is 10.3. The maximum Gasteiger partial charge on any atom is 0.0438 e. The molecule has 1 aliphatic rings. The van der Waals surface area contributed by atoms with E-state index in [0.29, 0.717) is 6.04 Å². The Hall–Kier alpha value is -0.830. The van der Waals surface area contributed by atoms with Gasteiger partial charge in [0.25, 0.3) is 0 Å². The molecule has 2 nitrogen and oxygen atoms in total. The van der Waals surface area contributed by atoms with Crippen LogP contribution in [0.3, 0.4) is 0 Å². The number of nitrogens with one attached hydrogen (secondary N) is 1. The molecule has 2 rings (SSSR count). The fourth-order valence-corrected chi connectivity index (χ4v) is 2.83. The molecular weight excluding hydrogens is 256 g/mol. The first-order valence-corrected chi connectivity index (χ1v) is 7.42. The Morgan fingerprint density at radius 3 is 2.79 bits per heavy atom. The minimum absolute atomic E-state index is 0.457. The second kappa shape index (κ2) is 7.09. The van der Waals surface area contributed by atoms with E-state index in [1.807, 2.05) is 6.08 Å². The van der Waals surface area contributed by atoms with Crippen molar-refractivity contribution in [1.29, 1.82) is 0 Å². The second-order valence-corrected chi connectivity index (χ2v) is 5.58. The van der Waals surface area contributed by atoms with Crippen molar-refractivity contribution in [3.63, 3.8) is 0 Å². The highest BCUT2D eigenvalue weighted by Gasteiger charge is 2.21. The van der Waals surface area contributed by atoms with E-state index >= 15 is 0 Å². The number of nitrogens with zero attached hydrogens (tertiary/aromatic N) is 1. The maximum atomic E-state index is 6.28. The van der Waals surface area contributed by atoms with Gasteiger partial charge in [0.15, 0.2) is 0 Å². The molecular formula is C16H23ClN2. The van der Waals surface area contributed by atoms with Crippen LogP contribution in [-0.4, -0.2) is 31.1 Å². The Labute approximate surface area is 121 Å². The lowest BCUT2D eigenvalue weighted by atomic mass is 9.98. The van der Waals surface area contributed by atoms with E-state index in [1.54, 1.807) is 0 Å². The molecule has 3 heteroatoms. The molecule has 1 heterocycles. The van der Waals surface area contributed by atoms with E-state index in [4.69, 9.17) is 11.6 Å². The number of hydrogen-bond donors (Lipinski definition) is 1. The van der Waals surface area contributed by atoms with Gasteiger partial charge in [-0.3, -0.25) is 4.90 Å². The van der Waals surface area contributed by atoms with Crippen LogP contribution in [0.2, 0.25) is 5.02 Å². The molecule has 1 atom stereocenters. The number of aryl methyl sites for hydroxylation is 1. The summed E-state index contributed by atoms with van der Waals surface area (Å²) < 4.78 is 0. The summed E-state index contributed by atoms with van der Waals surface area (Å²) in [5, 5.41) is 4.28. The molecule has 0 aliphatic carbocycles. The van der Waals surface area contributed by atoms with Gasteiger partial charge in [0.2, 0.25) is 0 Å². The van der Waals surface area contributed by atoms with Crippen molar-refractivity contribution < 1.29 is 0 Å². The van der Waals surface area contributed by atoms with Gasteiger partial charge in [0, 0.05) is 37.2 Å². The SMILES string of the molecule is C=CCC[C@@H](c1ccc(C)c(Cl)c1)N1CCNCC1. The second-order valence-electron chi connectivity index (χ2n) is 5.18. The first-order chi connectivity index (χ1) is 9.22. The fourth-order valence-electron chi connectivity index (χ4n) is 2.65. The summed E-state index contributed by atoms with van der Waals surface area (Å²) in [6.07, 6.45) is 4.16. The van der Waals surface area contributed by atoms with Crippen LogP contribution >= 0.6 is 11.6 Å². The van der Waals surface area contributed by atoms with Crippen molar-refractivity contribution in [3.05, 3.63) is 47.0 Å². The van der Waals surface area contributed by atoms with Crippen molar-refractivity contribution in [3.8, 4) is 0 Å². The average Bonchev–Trinajstić information content (AvgIpc) is 2.44. The third-order valence-corrected chi connectivity index (χ3v) is 4.22. The molecule has 1 aromatic rings. The first-order valence-electron chi connectivity index (χ1n) is 7.04. The van der Waals surface area contributed by atoms with Gasteiger partial charge >= 0.3 is 0 Å². The minimum atomic E-state index is 0.457. The molecule has 1 N–H and O–H groups in total. The number of allylic oxidation sites excluding steroid dienone is 1. The third kappa shape index (κ3) is 3.82. The molecule has 0 bridgehead atoms. The van der Waals surface area contributed by atoms with Crippen LogP contribution in [0, 0.1) is 6.92 Å². The quantitative estimate of drug-likeness (QED) is 0.829. The average molecular weight is 279 g/mol. The summed E-state index contributed by atoms with van der Waals surface area (Å²) >= 11 is 6.28. The van der Waals surface area contributed by atoms with Crippen molar-refractivity contribution in [2.24, 2.45) is 0 Å². The number of piperazine rings is 1. The van der Waals surface area contributed by atoms with E-state index in [1.165, 1.54) is 5.56 Å². The van der Waals surface area contributed by atoms with Gasteiger partial charge in [-0.15, -0.1) is 6.58 Å². The molecule has 0 spiro atoms. The van der Waals surface area contributed by atoms with Crippen molar-refractivity contribution >= 4 is 11.6 Å². The van der Waals surface area contributed by atoms with Gasteiger partial charge in [-0.2, -0.15) is 0 Å². The zero-order chi connectivity index (χ0) is 13.7. The van der Waals surface area contributed by atoms with Crippen LogP contribution in [0.5, 0.6) is 0 Å². The molecule has 1 fully saturated rings. The van der Waals surface area contributed by atoms with Crippen molar-refractivity contribution in [1.82, 2.24) is 10.2 Å². The van der Waals surface area contributed by atoms with E-state index in [9.17, 15) is 0 Å². The van der Waals surface area contributed by atoms with Crippen LogP contribution < -0.4 is 5.32 Å². The predicted octanol–water partition coefficient (Wildman–Crippen LogP) is 3.56. The van der Waals surface area contributed by atoms with E-state index < -0.39 is 0 Å². The Balaban J connectivity index is 2.19. The normalized spacial score (nSPS) is 18.2. The van der Waals surface area contributed by atoms with E-state index in [0.717, 1.165) is 49.6 Å². The number of benzene rings is 1. The van der Waals surface area contributed by atoms with Gasteiger partial charge < -0.3 is 5.32 Å². The van der Waals surface area contributed by atoms with Crippen LogP contribution in [0.15, 0.2) is 30.9 Å². The Bertz CT molecular complexity index is 425. The predicted molar refractivity (Wildman–Crippen MR) is 82.8 cm³/mol. The number of hydrogen-bond acceptors (Lipinski definition) is 2. The number of halogens is 1. The van der Waals surface area contributed by atoms with Crippen LogP contribution in [0.1, 0.15) is 30.0 Å². The summed E-state index contributed by atoms with van der Waals surface area (Å²) in [5.74, 6) is 0. The van der Waals surface area contributed by atoms with Gasteiger partial charge in [0.1, 0.15) is 0 Å². The topological polar surface area (TPSA) is 15.3 Å². The molecule has 0 aromatic heterocycles. The lowest BCUT2D eigenvalue weighted by Crippen LogP contribution is -2.45. The largest absolute Gasteiger partial charge is 0.314 e. The Morgan fingerprint density at radius 2 is 2.16 bits per heavy atom. The van der Waals surface area contributed by atoms with Crippen molar-refractivity contribution in [2.45, 2.75) is 25.8 Å². The molecule has 0 radical (unpaired) electrons. The fraction of sp³-hybridized carbons (Fsp3) is 0.500. The molecule has 104 valence electrons. The summed E-state index contributed by atoms with van der Waals surface area (Å²) in [4.78, 5) is 2.56. The number of rotatable bonds is 5. The zero-order valence-corrected chi connectivity index (χ0v) is 12.4. The van der Waals surface area contributed by atoms with Crippen LogP contribution in [-0.2, 0) is 0 Å². The smallest absolute Gasteiger partial charge is 0.0438 e. The van der Waals surface area contributed by atoms with Gasteiger partial charge in [-0.1, -0.05) is 29.8 Å². The molecule has 0 saturated carbocycles. The third-order valence-electron chi connectivity index (χ3n) is 3.82. The van der Waals surface area contributed by atoms with Crippen LogP contribution in [0.4, 0.5) is 0 Å². The highest BCUT2D eigenvalue weighted by atomic mass is 35.5. The van der Waals surface area contributed by atoms with E-state index in [2.05, 4.69) is 41.9 Å². The molecule has 1 saturated heterocycles. The zero-order valence-electron chi connectivity index (χ0n) is 11.7. The highest BCUT2D eigenvalue weighted by Crippen LogP contribution is 2.29. The summed E-state index contributed by atoms with van der Waals surface area (Å²) in [7, 11) is 0. The standard InChI is InChI=1S/C16H23ClN2/c1-3-4-5-16(19-10-8-18-9-11-19)14-7-6-13(2)15(17)12-14/h3,6-7,12,16,18H,1,4-5,8-11H2,2H3/t16-/m0/s1. The van der Waals surface area contributed by atoms with Gasteiger partial charge in [0.05, 0.1) is 0 Å². The Morgan fingerprint density at radius 1 is 1.42 bits per heavy atom. The first kappa shape index (κ1) is 14.6. The monoisotopic (exact) mass is 278 g/mol. The molecule has 19 heavy (non-hydrogen) atoms. The molecule has 1 aliphatic heterocycles. The van der Waals surface area contributed by atoms with Gasteiger partial charge in [-0.05, 0) is 37.0 Å². The van der Waals surface area contributed by atoms with Crippen LogP contribution in [0.25, 0.3) is 0 Å². The molecule has 1 aromatic carbocycles. The maximum absolute atomic E-state index is 6.28. The lowest BCUT2D eigenvalue weighted by Gasteiger charge is -2.35. The molecule has 0 unspecified atom stereocenters. The highest BCUT2D eigenvalue weighted by molar-refractivity contribution is 6.31. The lowest BCUT2D eigenvalue weighted by molar-refractivity contribution is 0.166. The van der Waals surface area contributed by atoms with Crippen molar-refractivity contribution in [2.75, 3.05) is 26.2 Å². The summed E-state index contributed by atoms with van der Waals surface area (Å²) in [6, 6.07) is 6.93. The van der Waals surface area contributed by atoms with E-state index in [-0.39, 0.29) is 0 Å². The summed E-state index contributed by atoms with van der Waals surface area (Å²) in [5.41, 5.74) is 2.48. The molecule has 0 amide bonds. The Kier molecular flexibility index (Phi) is 5.44. The van der Waals surface area contributed by atoms with Gasteiger partial charge in [-0.25, -0.2) is 0 Å².